The fourth-order valence-electron chi connectivity index (χ4n) is 4.43. The van der Waals surface area contributed by atoms with Crippen molar-refractivity contribution >= 4 is 22.9 Å². The molecule has 0 unspecified atom stereocenters. The summed E-state index contributed by atoms with van der Waals surface area (Å²) in [5.41, 5.74) is 8.39. The highest BCUT2D eigenvalue weighted by atomic mass is 16.5. The fourth-order valence-corrected chi connectivity index (χ4v) is 4.43. The van der Waals surface area contributed by atoms with Gasteiger partial charge in [-0.3, -0.25) is 4.99 Å². The molecule has 0 amide bonds. The molecule has 3 heterocycles. The van der Waals surface area contributed by atoms with E-state index in [0.29, 0.717) is 0 Å². The monoisotopic (exact) mass is 412 g/mol. The normalized spacial score (nSPS) is 15.5. The summed E-state index contributed by atoms with van der Waals surface area (Å²) in [6, 6.07) is 19.7. The van der Waals surface area contributed by atoms with Crippen molar-refractivity contribution < 1.29 is 4.74 Å². The third-order valence-corrected chi connectivity index (χ3v) is 6.05. The van der Waals surface area contributed by atoms with Gasteiger partial charge in [-0.05, 0) is 61.4 Å². The quantitative estimate of drug-likeness (QED) is 0.607. The van der Waals surface area contributed by atoms with Crippen LogP contribution in [0.15, 0.2) is 65.8 Å². The topological polar surface area (TPSA) is 41.0 Å². The Balaban J connectivity index is 1.48. The molecule has 5 rings (SSSR count). The Kier molecular flexibility index (Phi) is 5.43. The lowest BCUT2D eigenvalue weighted by atomic mass is 9.99. The van der Waals surface area contributed by atoms with Crippen molar-refractivity contribution in [2.24, 2.45) is 4.99 Å². The zero-order valence-electron chi connectivity index (χ0n) is 18.2. The first kappa shape index (κ1) is 19.8. The van der Waals surface area contributed by atoms with E-state index in [-0.39, 0.29) is 0 Å². The van der Waals surface area contributed by atoms with E-state index in [1.807, 2.05) is 6.20 Å². The first-order valence-electron chi connectivity index (χ1n) is 11.0. The Bertz CT molecular complexity index is 1120. The van der Waals surface area contributed by atoms with E-state index in [9.17, 15) is 0 Å². The molecule has 2 aromatic carbocycles. The molecule has 0 N–H and O–H groups in total. The smallest absolute Gasteiger partial charge is 0.129 e. The van der Waals surface area contributed by atoms with E-state index in [1.165, 1.54) is 28.1 Å². The Morgan fingerprint density at radius 1 is 1.00 bits per heavy atom. The molecular weight excluding hydrogens is 384 g/mol. The Hall–Kier alpha value is -3.18. The van der Waals surface area contributed by atoms with Gasteiger partial charge < -0.3 is 14.5 Å². The van der Waals surface area contributed by atoms with Gasteiger partial charge in [0.1, 0.15) is 5.82 Å². The summed E-state index contributed by atoms with van der Waals surface area (Å²) in [6.07, 6.45) is 1.90. The highest BCUT2D eigenvalue weighted by Gasteiger charge is 2.21. The number of hydrogen-bond donors (Lipinski definition) is 0. The number of hydrogen-bond acceptors (Lipinski definition) is 5. The number of aromatic nitrogens is 1. The molecule has 1 aromatic heterocycles. The van der Waals surface area contributed by atoms with E-state index in [4.69, 9.17) is 9.73 Å². The van der Waals surface area contributed by atoms with Crippen LogP contribution >= 0.6 is 0 Å². The number of aryl methyl sites for hydroxylation is 1. The lowest BCUT2D eigenvalue weighted by Gasteiger charge is -2.28. The molecule has 2 aliphatic rings. The van der Waals surface area contributed by atoms with Crippen LogP contribution in [0.4, 0.5) is 17.2 Å². The molecule has 2 aliphatic heterocycles. The molecule has 5 heteroatoms. The largest absolute Gasteiger partial charge is 0.378 e. The van der Waals surface area contributed by atoms with Crippen LogP contribution in [0.25, 0.3) is 0 Å². The van der Waals surface area contributed by atoms with Crippen LogP contribution in [-0.2, 0) is 11.3 Å². The summed E-state index contributed by atoms with van der Waals surface area (Å²) in [6.45, 7) is 9.25. The summed E-state index contributed by atoms with van der Waals surface area (Å²) in [5.74, 6) is 1.00. The van der Waals surface area contributed by atoms with Crippen LogP contribution in [0.1, 0.15) is 29.2 Å². The second kappa shape index (κ2) is 8.52. The third kappa shape index (κ3) is 3.93. The SMILES string of the molecule is CCN(c1cccc(C)c1)c1ccc2c(c1)C(c1ccnc(N3CCOCC3)c1)=NC2. The lowest BCUT2D eigenvalue weighted by Crippen LogP contribution is -2.36. The third-order valence-electron chi connectivity index (χ3n) is 6.05. The Morgan fingerprint density at radius 3 is 2.65 bits per heavy atom. The molecule has 0 bridgehead atoms. The number of anilines is 3. The van der Waals surface area contributed by atoms with E-state index in [2.05, 4.69) is 83.2 Å². The van der Waals surface area contributed by atoms with E-state index in [1.54, 1.807) is 0 Å². The van der Waals surface area contributed by atoms with Crippen LogP contribution in [0.3, 0.4) is 0 Å². The van der Waals surface area contributed by atoms with E-state index >= 15 is 0 Å². The molecule has 3 aromatic rings. The molecule has 0 atom stereocenters. The molecule has 31 heavy (non-hydrogen) atoms. The van der Waals surface area contributed by atoms with Crippen LogP contribution in [0.2, 0.25) is 0 Å². The number of aliphatic imine (C=N–C) groups is 1. The number of rotatable bonds is 5. The number of fused-ring (bicyclic) bond motifs is 1. The summed E-state index contributed by atoms with van der Waals surface area (Å²) in [5, 5.41) is 0. The minimum atomic E-state index is 0.733. The van der Waals surface area contributed by atoms with Crippen molar-refractivity contribution in [3.8, 4) is 0 Å². The summed E-state index contributed by atoms with van der Waals surface area (Å²) < 4.78 is 5.49. The van der Waals surface area contributed by atoms with Crippen molar-refractivity contribution in [1.29, 1.82) is 0 Å². The molecule has 158 valence electrons. The van der Waals surface area contributed by atoms with Gasteiger partial charge in [-0.15, -0.1) is 0 Å². The predicted octanol–water partition coefficient (Wildman–Crippen LogP) is 4.74. The van der Waals surface area contributed by atoms with Crippen molar-refractivity contribution in [1.82, 2.24) is 4.98 Å². The minimum absolute atomic E-state index is 0.733. The molecule has 0 saturated carbocycles. The maximum Gasteiger partial charge on any atom is 0.129 e. The van der Waals surface area contributed by atoms with Crippen LogP contribution in [0.5, 0.6) is 0 Å². The first-order chi connectivity index (χ1) is 15.2. The fraction of sp³-hybridized carbons (Fsp3) is 0.308. The summed E-state index contributed by atoms with van der Waals surface area (Å²) >= 11 is 0. The van der Waals surface area contributed by atoms with Gasteiger partial charge in [-0.1, -0.05) is 18.2 Å². The van der Waals surface area contributed by atoms with Crippen LogP contribution in [0, 0.1) is 6.92 Å². The first-order valence-corrected chi connectivity index (χ1v) is 11.0. The Labute approximate surface area is 184 Å². The van der Waals surface area contributed by atoms with Gasteiger partial charge in [-0.25, -0.2) is 4.98 Å². The lowest BCUT2D eigenvalue weighted by molar-refractivity contribution is 0.122. The second-order valence-corrected chi connectivity index (χ2v) is 8.09. The molecule has 0 spiro atoms. The van der Waals surface area contributed by atoms with Crippen molar-refractivity contribution in [3.05, 3.63) is 83.0 Å². The average Bonchev–Trinajstić information content (AvgIpc) is 3.24. The van der Waals surface area contributed by atoms with Gasteiger partial charge in [-0.2, -0.15) is 0 Å². The van der Waals surface area contributed by atoms with E-state index in [0.717, 1.165) is 56.5 Å². The van der Waals surface area contributed by atoms with Crippen molar-refractivity contribution in [3.63, 3.8) is 0 Å². The maximum absolute atomic E-state index is 5.49. The molecule has 0 radical (unpaired) electrons. The number of benzene rings is 2. The van der Waals surface area contributed by atoms with Crippen LogP contribution in [-0.4, -0.2) is 43.5 Å². The standard InChI is InChI=1S/C26H28N4O/c1-3-30(22-6-4-5-19(2)15-22)23-8-7-21-18-28-26(24(21)17-23)20-9-10-27-25(16-20)29-11-13-31-14-12-29/h4-10,15-17H,3,11-14,18H2,1-2H3. The molecular formula is C26H28N4O. The molecule has 1 saturated heterocycles. The van der Waals surface area contributed by atoms with Gasteiger partial charge in [0.2, 0.25) is 0 Å². The zero-order chi connectivity index (χ0) is 21.2. The summed E-state index contributed by atoms with van der Waals surface area (Å²) in [4.78, 5) is 14.1. The maximum atomic E-state index is 5.49. The second-order valence-electron chi connectivity index (χ2n) is 8.09. The van der Waals surface area contributed by atoms with Gasteiger partial charge in [0.05, 0.1) is 25.5 Å². The molecule has 5 nitrogen and oxygen atoms in total. The Morgan fingerprint density at radius 2 is 1.84 bits per heavy atom. The highest BCUT2D eigenvalue weighted by molar-refractivity contribution is 6.15. The van der Waals surface area contributed by atoms with Gasteiger partial charge in [0.15, 0.2) is 0 Å². The predicted molar refractivity (Wildman–Crippen MR) is 127 cm³/mol. The van der Waals surface area contributed by atoms with Gasteiger partial charge >= 0.3 is 0 Å². The highest BCUT2D eigenvalue weighted by Crippen LogP contribution is 2.32. The minimum Gasteiger partial charge on any atom is -0.378 e. The van der Waals surface area contributed by atoms with Gasteiger partial charge in [0.25, 0.3) is 0 Å². The number of ether oxygens (including phenoxy) is 1. The number of pyridine rings is 1. The van der Waals surface area contributed by atoms with Crippen LogP contribution < -0.4 is 9.80 Å². The van der Waals surface area contributed by atoms with Gasteiger partial charge in [0, 0.05) is 48.3 Å². The molecule has 1 fully saturated rings. The van der Waals surface area contributed by atoms with E-state index < -0.39 is 0 Å². The number of nitrogens with zero attached hydrogens (tertiary/aromatic N) is 4. The number of morpholine rings is 1. The van der Waals surface area contributed by atoms with Crippen molar-refractivity contribution in [2.45, 2.75) is 20.4 Å². The zero-order valence-corrected chi connectivity index (χ0v) is 18.2. The average molecular weight is 413 g/mol. The van der Waals surface area contributed by atoms with Crippen molar-refractivity contribution in [2.75, 3.05) is 42.6 Å². The summed E-state index contributed by atoms with van der Waals surface area (Å²) in [7, 11) is 0. The molecule has 0 aliphatic carbocycles.